The van der Waals surface area contributed by atoms with Crippen LogP contribution in [0.3, 0.4) is 0 Å². The minimum Gasteiger partial charge on any atom is -0.493 e. The van der Waals surface area contributed by atoms with Gasteiger partial charge in [-0.25, -0.2) is 0 Å². The summed E-state index contributed by atoms with van der Waals surface area (Å²) in [4.78, 5) is 11.0. The Morgan fingerprint density at radius 3 is 2.21 bits per heavy atom. The first kappa shape index (κ1) is 13.5. The fraction of sp³-hybridized carbons (Fsp3) is 0.500. The first-order valence-corrected chi connectivity index (χ1v) is 6.09. The maximum atomic E-state index is 11.0. The Morgan fingerprint density at radius 1 is 1.16 bits per heavy atom. The highest BCUT2D eigenvalue weighted by Crippen LogP contribution is 2.56. The van der Waals surface area contributed by atoms with Gasteiger partial charge in [0.05, 0.1) is 27.8 Å². The number of hydrogen-bond acceptors (Lipinski definition) is 4. The zero-order chi connectivity index (χ0) is 14.0. The van der Waals surface area contributed by atoms with E-state index in [1.807, 2.05) is 6.07 Å². The van der Waals surface area contributed by atoms with Gasteiger partial charge in [-0.15, -0.1) is 0 Å². The van der Waals surface area contributed by atoms with Gasteiger partial charge in [-0.1, -0.05) is 6.07 Å². The monoisotopic (exact) mass is 266 g/mol. The van der Waals surface area contributed by atoms with Crippen molar-refractivity contribution in [2.45, 2.75) is 24.7 Å². The maximum Gasteiger partial charge on any atom is 0.304 e. The Balaban J connectivity index is 2.49. The van der Waals surface area contributed by atoms with Crippen molar-refractivity contribution in [3.63, 3.8) is 0 Å². The lowest BCUT2D eigenvalue weighted by Crippen LogP contribution is -2.14. The lowest BCUT2D eigenvalue weighted by Gasteiger charge is -2.20. The Hall–Kier alpha value is -1.91. The molecule has 19 heavy (non-hydrogen) atoms. The molecule has 0 spiro atoms. The number of ether oxygens (including phenoxy) is 3. The minimum atomic E-state index is -0.797. The predicted molar refractivity (Wildman–Crippen MR) is 69.3 cm³/mol. The van der Waals surface area contributed by atoms with E-state index in [1.165, 1.54) is 0 Å². The van der Waals surface area contributed by atoms with Crippen molar-refractivity contribution in [3.05, 3.63) is 17.7 Å². The molecule has 0 radical (unpaired) electrons. The molecule has 1 aromatic rings. The Bertz CT molecular complexity index is 491. The summed E-state index contributed by atoms with van der Waals surface area (Å²) in [5, 5.41) is 9.04. The predicted octanol–water partition coefficient (Wildman–Crippen LogP) is 2.22. The number of benzene rings is 1. The summed E-state index contributed by atoms with van der Waals surface area (Å²) in [6.45, 7) is 0. The van der Waals surface area contributed by atoms with Crippen LogP contribution in [0.15, 0.2) is 12.1 Å². The van der Waals surface area contributed by atoms with E-state index in [-0.39, 0.29) is 11.8 Å². The van der Waals surface area contributed by atoms with E-state index in [9.17, 15) is 4.79 Å². The molecule has 5 heteroatoms. The molecular formula is C14H18O5. The molecule has 1 aromatic carbocycles. The molecule has 0 unspecified atom stereocenters. The molecule has 0 bridgehead atoms. The normalized spacial score (nSPS) is 15.7. The summed E-state index contributed by atoms with van der Waals surface area (Å²) < 4.78 is 16.0. The number of carboxylic acids is 1. The molecule has 104 valence electrons. The molecule has 0 aromatic heterocycles. The standard InChI is InChI=1S/C14H18O5/c1-17-10-5-4-9(12(18-2)13(10)19-3)14(6-7-14)8-11(15)16/h4-5H,6-8H2,1-3H3,(H,15,16). The molecule has 1 aliphatic carbocycles. The molecular weight excluding hydrogens is 248 g/mol. The van der Waals surface area contributed by atoms with E-state index in [0.717, 1.165) is 18.4 Å². The molecule has 0 saturated heterocycles. The third kappa shape index (κ3) is 2.32. The summed E-state index contributed by atoms with van der Waals surface area (Å²) in [5.74, 6) is 0.864. The van der Waals surface area contributed by atoms with Crippen molar-refractivity contribution in [2.75, 3.05) is 21.3 Å². The van der Waals surface area contributed by atoms with Gasteiger partial charge in [-0.3, -0.25) is 4.79 Å². The van der Waals surface area contributed by atoms with Gasteiger partial charge in [-0.05, 0) is 18.9 Å². The van der Waals surface area contributed by atoms with E-state index in [1.54, 1.807) is 27.4 Å². The minimum absolute atomic E-state index is 0.110. The van der Waals surface area contributed by atoms with Crippen molar-refractivity contribution in [1.29, 1.82) is 0 Å². The molecule has 2 rings (SSSR count). The van der Waals surface area contributed by atoms with Crippen LogP contribution in [0.4, 0.5) is 0 Å². The van der Waals surface area contributed by atoms with Crippen LogP contribution in [-0.2, 0) is 10.2 Å². The number of hydrogen-bond donors (Lipinski definition) is 1. The topological polar surface area (TPSA) is 65.0 Å². The Labute approximate surface area is 112 Å². The van der Waals surface area contributed by atoms with Crippen LogP contribution in [0, 0.1) is 0 Å². The molecule has 0 amide bonds. The summed E-state index contributed by atoms with van der Waals surface area (Å²) in [6, 6.07) is 3.66. The lowest BCUT2D eigenvalue weighted by atomic mass is 9.91. The fourth-order valence-electron chi connectivity index (χ4n) is 2.50. The maximum absolute atomic E-state index is 11.0. The van der Waals surface area contributed by atoms with E-state index in [2.05, 4.69) is 0 Å². The molecule has 1 fully saturated rings. The zero-order valence-electron chi connectivity index (χ0n) is 11.4. The van der Waals surface area contributed by atoms with Crippen molar-refractivity contribution < 1.29 is 24.1 Å². The van der Waals surface area contributed by atoms with Crippen molar-refractivity contribution >= 4 is 5.97 Å². The first-order valence-electron chi connectivity index (χ1n) is 6.09. The first-order chi connectivity index (χ1) is 9.07. The zero-order valence-corrected chi connectivity index (χ0v) is 11.4. The van der Waals surface area contributed by atoms with E-state index < -0.39 is 5.97 Å². The van der Waals surface area contributed by atoms with Gasteiger partial charge >= 0.3 is 5.97 Å². The smallest absolute Gasteiger partial charge is 0.304 e. The van der Waals surface area contributed by atoms with Crippen LogP contribution in [0.1, 0.15) is 24.8 Å². The molecule has 0 heterocycles. The van der Waals surface area contributed by atoms with Gasteiger partial charge in [0.1, 0.15) is 0 Å². The second-order valence-electron chi connectivity index (χ2n) is 4.73. The quantitative estimate of drug-likeness (QED) is 0.855. The molecule has 1 aliphatic rings. The second kappa shape index (κ2) is 4.99. The lowest BCUT2D eigenvalue weighted by molar-refractivity contribution is -0.137. The average molecular weight is 266 g/mol. The highest BCUT2D eigenvalue weighted by atomic mass is 16.5. The molecule has 0 atom stereocenters. The van der Waals surface area contributed by atoms with Gasteiger partial charge in [0.2, 0.25) is 5.75 Å². The van der Waals surface area contributed by atoms with Crippen LogP contribution >= 0.6 is 0 Å². The third-order valence-electron chi connectivity index (χ3n) is 3.62. The Morgan fingerprint density at radius 2 is 1.79 bits per heavy atom. The summed E-state index contributed by atoms with van der Waals surface area (Å²) in [6.07, 6.45) is 1.81. The van der Waals surface area contributed by atoms with Gasteiger partial charge in [0, 0.05) is 11.0 Å². The third-order valence-corrected chi connectivity index (χ3v) is 3.62. The highest BCUT2D eigenvalue weighted by Gasteiger charge is 2.48. The van der Waals surface area contributed by atoms with Gasteiger partial charge in [-0.2, -0.15) is 0 Å². The SMILES string of the molecule is COc1ccc(C2(CC(=O)O)CC2)c(OC)c1OC. The fourth-order valence-corrected chi connectivity index (χ4v) is 2.50. The van der Waals surface area contributed by atoms with E-state index in [4.69, 9.17) is 19.3 Å². The number of methoxy groups -OCH3 is 3. The van der Waals surface area contributed by atoms with E-state index in [0.29, 0.717) is 17.2 Å². The number of carboxylic acid groups (broad SMARTS) is 1. The van der Waals surface area contributed by atoms with Gasteiger partial charge in [0.15, 0.2) is 11.5 Å². The summed E-state index contributed by atoms with van der Waals surface area (Å²) in [5.41, 5.74) is 0.562. The van der Waals surface area contributed by atoms with Crippen molar-refractivity contribution in [2.24, 2.45) is 0 Å². The highest BCUT2D eigenvalue weighted by molar-refractivity contribution is 5.71. The average Bonchev–Trinajstić information content (AvgIpc) is 3.16. The molecule has 0 aliphatic heterocycles. The second-order valence-corrected chi connectivity index (χ2v) is 4.73. The van der Waals surface area contributed by atoms with Crippen LogP contribution < -0.4 is 14.2 Å². The number of aliphatic carboxylic acids is 1. The molecule has 5 nitrogen and oxygen atoms in total. The molecule has 1 N–H and O–H groups in total. The van der Waals surface area contributed by atoms with E-state index >= 15 is 0 Å². The van der Waals surface area contributed by atoms with Crippen LogP contribution in [0.25, 0.3) is 0 Å². The van der Waals surface area contributed by atoms with Crippen molar-refractivity contribution in [1.82, 2.24) is 0 Å². The largest absolute Gasteiger partial charge is 0.493 e. The van der Waals surface area contributed by atoms with Crippen molar-refractivity contribution in [3.8, 4) is 17.2 Å². The van der Waals surface area contributed by atoms with Crippen LogP contribution in [-0.4, -0.2) is 32.4 Å². The summed E-state index contributed by atoms with van der Waals surface area (Å²) in [7, 11) is 4.65. The van der Waals surface area contributed by atoms with Crippen LogP contribution in [0.5, 0.6) is 17.2 Å². The van der Waals surface area contributed by atoms with Gasteiger partial charge < -0.3 is 19.3 Å². The Kier molecular flexibility index (Phi) is 3.55. The number of rotatable bonds is 6. The summed E-state index contributed by atoms with van der Waals surface area (Å²) >= 11 is 0. The number of carbonyl (C=O) groups is 1. The van der Waals surface area contributed by atoms with Crippen LogP contribution in [0.2, 0.25) is 0 Å². The van der Waals surface area contributed by atoms with Gasteiger partial charge in [0.25, 0.3) is 0 Å². The molecule has 1 saturated carbocycles.